The Bertz CT molecular complexity index is 587. The van der Waals surface area contributed by atoms with E-state index in [1.54, 1.807) is 18.2 Å². The van der Waals surface area contributed by atoms with Gasteiger partial charge in [-0.15, -0.1) is 0 Å². The summed E-state index contributed by atoms with van der Waals surface area (Å²) in [7, 11) is 0. The van der Waals surface area contributed by atoms with Gasteiger partial charge in [0.15, 0.2) is 0 Å². The number of carboxylic acids is 1. The van der Waals surface area contributed by atoms with Crippen LogP contribution >= 0.6 is 15.9 Å². The second-order valence-corrected chi connectivity index (χ2v) is 5.06. The highest BCUT2D eigenvalue weighted by atomic mass is 79.9. The Hall–Kier alpha value is -1.69. The van der Waals surface area contributed by atoms with Crippen LogP contribution < -0.4 is 5.48 Å². The number of hydrogen-bond acceptors (Lipinski definition) is 3. The lowest BCUT2D eigenvalue weighted by molar-refractivity contribution is 0.0234. The van der Waals surface area contributed by atoms with Gasteiger partial charge in [0, 0.05) is 11.0 Å². The van der Waals surface area contributed by atoms with E-state index in [0.29, 0.717) is 13.2 Å². The van der Waals surface area contributed by atoms with Crippen LogP contribution in [0.4, 0.5) is 0 Å². The van der Waals surface area contributed by atoms with E-state index >= 15 is 0 Å². The van der Waals surface area contributed by atoms with Crippen LogP contribution in [0.1, 0.15) is 21.5 Å². The van der Waals surface area contributed by atoms with Crippen LogP contribution in [-0.4, -0.2) is 11.1 Å². The Morgan fingerprint density at radius 1 is 1.20 bits per heavy atom. The summed E-state index contributed by atoms with van der Waals surface area (Å²) >= 11 is 3.35. The van der Waals surface area contributed by atoms with E-state index in [0.717, 1.165) is 15.6 Å². The number of carbonyl (C=O) groups is 1. The molecule has 0 saturated carbocycles. The summed E-state index contributed by atoms with van der Waals surface area (Å²) in [5.74, 6) is -0.939. The number of halogens is 1. The Morgan fingerprint density at radius 2 is 1.95 bits per heavy atom. The maximum Gasteiger partial charge on any atom is 0.335 e. The lowest BCUT2D eigenvalue weighted by atomic mass is 10.1. The molecule has 0 heterocycles. The van der Waals surface area contributed by atoms with Gasteiger partial charge in [0.25, 0.3) is 0 Å². The molecule has 2 rings (SSSR count). The molecular weight excluding hydrogens is 322 g/mol. The van der Waals surface area contributed by atoms with Crippen molar-refractivity contribution in [3.05, 3.63) is 69.7 Å². The van der Waals surface area contributed by atoms with Crippen molar-refractivity contribution in [2.45, 2.75) is 13.2 Å². The van der Waals surface area contributed by atoms with Crippen molar-refractivity contribution in [2.75, 3.05) is 0 Å². The normalized spacial score (nSPS) is 10.4. The second-order valence-electron chi connectivity index (χ2n) is 4.21. The molecule has 0 spiro atoms. The van der Waals surface area contributed by atoms with Gasteiger partial charge in [0.1, 0.15) is 0 Å². The molecule has 0 unspecified atom stereocenters. The molecule has 4 nitrogen and oxygen atoms in total. The zero-order valence-electron chi connectivity index (χ0n) is 10.7. The molecule has 0 amide bonds. The maximum atomic E-state index is 10.8. The Kier molecular flexibility index (Phi) is 5.29. The van der Waals surface area contributed by atoms with Gasteiger partial charge in [-0.05, 0) is 23.3 Å². The molecule has 0 fully saturated rings. The quantitative estimate of drug-likeness (QED) is 0.627. The molecule has 2 N–H and O–H groups in total. The summed E-state index contributed by atoms with van der Waals surface area (Å²) < 4.78 is 0.744. The van der Waals surface area contributed by atoms with Gasteiger partial charge in [0.05, 0.1) is 12.2 Å². The molecule has 20 heavy (non-hydrogen) atoms. The van der Waals surface area contributed by atoms with Crippen molar-refractivity contribution in [1.29, 1.82) is 0 Å². The number of benzene rings is 2. The first kappa shape index (κ1) is 14.7. The summed E-state index contributed by atoms with van der Waals surface area (Å²) in [4.78, 5) is 16.2. The standard InChI is InChI=1S/C15H14BrNO3/c16-14-8-12(15(18)19)6-7-13(14)9-17-20-10-11-4-2-1-3-5-11/h1-8,17H,9-10H2,(H,18,19). The molecule has 0 atom stereocenters. The first-order chi connectivity index (χ1) is 9.66. The molecule has 0 aliphatic rings. The highest BCUT2D eigenvalue weighted by Crippen LogP contribution is 2.18. The van der Waals surface area contributed by atoms with Crippen LogP contribution in [0.2, 0.25) is 0 Å². The van der Waals surface area contributed by atoms with Crippen LogP contribution in [-0.2, 0) is 18.0 Å². The van der Waals surface area contributed by atoms with Gasteiger partial charge < -0.3 is 5.11 Å². The van der Waals surface area contributed by atoms with E-state index in [-0.39, 0.29) is 5.56 Å². The van der Waals surface area contributed by atoms with E-state index in [1.807, 2.05) is 30.3 Å². The fourth-order valence-electron chi connectivity index (χ4n) is 1.66. The number of carboxylic acid groups (broad SMARTS) is 1. The average Bonchev–Trinajstić information content (AvgIpc) is 2.46. The number of aromatic carboxylic acids is 1. The van der Waals surface area contributed by atoms with E-state index in [2.05, 4.69) is 21.4 Å². The van der Waals surface area contributed by atoms with Crippen molar-refractivity contribution in [3.8, 4) is 0 Å². The summed E-state index contributed by atoms with van der Waals surface area (Å²) in [6, 6.07) is 14.8. The topological polar surface area (TPSA) is 58.6 Å². The van der Waals surface area contributed by atoms with Crippen LogP contribution in [0.3, 0.4) is 0 Å². The Morgan fingerprint density at radius 3 is 2.60 bits per heavy atom. The van der Waals surface area contributed by atoms with E-state index in [1.165, 1.54) is 0 Å². The van der Waals surface area contributed by atoms with Crippen molar-refractivity contribution in [2.24, 2.45) is 0 Å². The Labute approximate surface area is 125 Å². The predicted molar refractivity (Wildman–Crippen MR) is 79.2 cm³/mol. The summed E-state index contributed by atoms with van der Waals surface area (Å²) in [5.41, 5.74) is 5.13. The third kappa shape index (κ3) is 4.16. The van der Waals surface area contributed by atoms with Crippen molar-refractivity contribution >= 4 is 21.9 Å². The van der Waals surface area contributed by atoms with Crippen molar-refractivity contribution in [1.82, 2.24) is 5.48 Å². The molecule has 0 radical (unpaired) electrons. The van der Waals surface area contributed by atoms with Crippen LogP contribution in [0, 0.1) is 0 Å². The first-order valence-corrected chi connectivity index (χ1v) is 6.86. The fraction of sp³-hybridized carbons (Fsp3) is 0.133. The van der Waals surface area contributed by atoms with E-state index in [4.69, 9.17) is 9.94 Å². The van der Waals surface area contributed by atoms with Crippen LogP contribution in [0.15, 0.2) is 53.0 Å². The lowest BCUT2D eigenvalue weighted by Gasteiger charge is -2.08. The predicted octanol–water partition coefficient (Wildman–Crippen LogP) is 3.37. The molecule has 0 aliphatic heterocycles. The maximum absolute atomic E-state index is 10.8. The molecule has 0 bridgehead atoms. The van der Waals surface area contributed by atoms with Crippen molar-refractivity contribution in [3.63, 3.8) is 0 Å². The largest absolute Gasteiger partial charge is 0.478 e. The van der Waals surface area contributed by atoms with Crippen LogP contribution in [0.25, 0.3) is 0 Å². The highest BCUT2D eigenvalue weighted by Gasteiger charge is 2.06. The van der Waals surface area contributed by atoms with Crippen molar-refractivity contribution < 1.29 is 14.7 Å². The average molecular weight is 336 g/mol. The minimum absolute atomic E-state index is 0.255. The molecule has 5 heteroatoms. The summed E-state index contributed by atoms with van der Waals surface area (Å²) in [6.07, 6.45) is 0. The highest BCUT2D eigenvalue weighted by molar-refractivity contribution is 9.10. The van der Waals surface area contributed by atoms with Gasteiger partial charge in [-0.25, -0.2) is 4.79 Å². The zero-order chi connectivity index (χ0) is 14.4. The monoisotopic (exact) mass is 335 g/mol. The molecule has 2 aromatic rings. The lowest BCUT2D eigenvalue weighted by Crippen LogP contribution is -2.14. The number of hydrogen-bond donors (Lipinski definition) is 2. The molecular formula is C15H14BrNO3. The number of rotatable bonds is 6. The SMILES string of the molecule is O=C(O)c1ccc(CNOCc2ccccc2)c(Br)c1. The van der Waals surface area contributed by atoms with Crippen LogP contribution in [0.5, 0.6) is 0 Å². The Balaban J connectivity index is 1.84. The molecule has 104 valence electrons. The van der Waals surface area contributed by atoms with E-state index in [9.17, 15) is 4.79 Å². The van der Waals surface area contributed by atoms with Gasteiger partial charge in [0.2, 0.25) is 0 Å². The van der Waals surface area contributed by atoms with Gasteiger partial charge in [-0.2, -0.15) is 5.48 Å². The van der Waals surface area contributed by atoms with Gasteiger partial charge >= 0.3 is 5.97 Å². The second kappa shape index (κ2) is 7.19. The van der Waals surface area contributed by atoms with Gasteiger partial charge in [-0.1, -0.05) is 52.3 Å². The summed E-state index contributed by atoms with van der Waals surface area (Å²) in [5, 5.41) is 8.88. The number of nitrogens with one attached hydrogen (secondary N) is 1. The first-order valence-electron chi connectivity index (χ1n) is 6.07. The molecule has 0 aliphatic carbocycles. The summed E-state index contributed by atoms with van der Waals surface area (Å²) in [6.45, 7) is 0.971. The zero-order valence-corrected chi connectivity index (χ0v) is 12.3. The van der Waals surface area contributed by atoms with Gasteiger partial charge in [-0.3, -0.25) is 4.84 Å². The fourth-order valence-corrected chi connectivity index (χ4v) is 2.18. The third-order valence-corrected chi connectivity index (χ3v) is 3.48. The van der Waals surface area contributed by atoms with E-state index < -0.39 is 5.97 Å². The molecule has 2 aromatic carbocycles. The number of hydroxylamine groups is 1. The minimum Gasteiger partial charge on any atom is -0.478 e. The third-order valence-electron chi connectivity index (χ3n) is 2.75. The minimum atomic E-state index is -0.939. The molecule has 0 saturated heterocycles. The molecule has 0 aromatic heterocycles. The smallest absolute Gasteiger partial charge is 0.335 e.